The Hall–Kier alpha value is -3.65. The zero-order valence-electron chi connectivity index (χ0n) is 16.6. The van der Waals surface area contributed by atoms with E-state index in [1.165, 1.54) is 24.1 Å². The molecule has 0 radical (unpaired) electrons. The number of imidazole rings is 1. The van der Waals surface area contributed by atoms with E-state index in [-0.39, 0.29) is 30.2 Å². The van der Waals surface area contributed by atoms with Crippen LogP contribution in [-0.4, -0.2) is 56.4 Å². The number of rotatable bonds is 5. The number of hydrogen-bond acceptors (Lipinski definition) is 6. The number of ether oxygens (including phenoxy) is 1. The number of hydrogen-bond donors (Lipinski definition) is 2. The normalized spacial score (nSPS) is 18.5. The van der Waals surface area contributed by atoms with Crippen molar-refractivity contribution in [2.75, 3.05) is 20.3 Å². The first-order valence-corrected chi connectivity index (χ1v) is 9.44. The molecule has 8 nitrogen and oxygen atoms in total. The van der Waals surface area contributed by atoms with Crippen molar-refractivity contribution < 1.29 is 24.5 Å². The third-order valence-corrected chi connectivity index (χ3v) is 5.21. The molecular formula is C22H21N3O5. The van der Waals surface area contributed by atoms with Crippen LogP contribution in [0.3, 0.4) is 0 Å². The van der Waals surface area contributed by atoms with Gasteiger partial charge in [0, 0.05) is 19.9 Å². The number of carbonyl (C=O) groups is 2. The Morgan fingerprint density at radius 2 is 1.90 bits per heavy atom. The Bertz CT molecular complexity index is 1160. The quantitative estimate of drug-likeness (QED) is 0.382. The number of aliphatic hydroxyl groups is 1. The van der Waals surface area contributed by atoms with E-state index in [0.717, 1.165) is 0 Å². The summed E-state index contributed by atoms with van der Waals surface area (Å²) in [5, 5.41) is 20.9. The molecule has 1 fully saturated rings. The minimum atomic E-state index is -0.811. The molecule has 0 aliphatic carbocycles. The van der Waals surface area contributed by atoms with Crippen LogP contribution in [0.2, 0.25) is 0 Å². The summed E-state index contributed by atoms with van der Waals surface area (Å²) in [6, 6.07) is 10.8. The average molecular weight is 407 g/mol. The molecular weight excluding hydrogens is 386 g/mol. The number of aliphatic hydroxyl groups excluding tert-OH is 1. The van der Waals surface area contributed by atoms with Crippen molar-refractivity contribution in [1.82, 2.24) is 14.3 Å². The molecule has 2 aromatic heterocycles. The van der Waals surface area contributed by atoms with Gasteiger partial charge < -0.3 is 19.8 Å². The smallest absolute Gasteiger partial charge is 0.295 e. The number of fused-ring (bicyclic) bond motifs is 1. The Labute approximate surface area is 172 Å². The molecule has 0 bridgehead atoms. The molecule has 3 heterocycles. The molecule has 1 aliphatic heterocycles. The molecule has 1 amide bonds. The minimum absolute atomic E-state index is 0.0180. The van der Waals surface area contributed by atoms with Crippen molar-refractivity contribution in [1.29, 1.82) is 0 Å². The number of pyridine rings is 1. The van der Waals surface area contributed by atoms with Crippen LogP contribution in [0.5, 0.6) is 5.75 Å². The van der Waals surface area contributed by atoms with E-state index in [2.05, 4.69) is 4.98 Å². The highest BCUT2D eigenvalue weighted by Crippen LogP contribution is 2.40. The number of phenolic OH excluding ortho intramolecular Hbond substituents is 1. The van der Waals surface area contributed by atoms with Crippen LogP contribution >= 0.6 is 0 Å². The zero-order valence-corrected chi connectivity index (χ0v) is 16.6. The van der Waals surface area contributed by atoms with Gasteiger partial charge in [0.2, 0.25) is 0 Å². The summed E-state index contributed by atoms with van der Waals surface area (Å²) in [6.07, 6.45) is 1.74. The van der Waals surface area contributed by atoms with E-state index in [9.17, 15) is 19.8 Å². The first-order valence-electron chi connectivity index (χ1n) is 9.44. The maximum absolute atomic E-state index is 13.0. The monoisotopic (exact) mass is 407 g/mol. The van der Waals surface area contributed by atoms with Gasteiger partial charge in [0.1, 0.15) is 17.1 Å². The molecule has 1 unspecified atom stereocenters. The highest BCUT2D eigenvalue weighted by molar-refractivity contribution is 6.46. The number of phenols is 1. The standard InChI is InChI=1S/C22H21N3O5/c1-13-18(24-10-4-3-5-16(24)23-13)20(27)17-19(14-6-8-15(26)9-7-14)25(11-12-30-2)22(29)21(17)28/h3-10,19,26-27H,11-12H2,1-2H3/b20-17+. The number of ketones is 1. The maximum atomic E-state index is 13.0. The average Bonchev–Trinajstić information content (AvgIpc) is 3.20. The van der Waals surface area contributed by atoms with Gasteiger partial charge in [-0.3, -0.25) is 14.0 Å². The van der Waals surface area contributed by atoms with E-state index in [1.54, 1.807) is 41.8 Å². The molecule has 4 rings (SSSR count). The first-order chi connectivity index (χ1) is 14.4. The summed E-state index contributed by atoms with van der Waals surface area (Å²) in [7, 11) is 1.51. The molecule has 1 saturated heterocycles. The molecule has 1 atom stereocenters. The number of Topliss-reactive ketones (excluding diaryl/α,β-unsaturated/α-hetero) is 1. The van der Waals surface area contributed by atoms with Crippen molar-refractivity contribution in [3.63, 3.8) is 0 Å². The van der Waals surface area contributed by atoms with Crippen LogP contribution in [0, 0.1) is 6.92 Å². The van der Waals surface area contributed by atoms with E-state index in [4.69, 9.17) is 4.74 Å². The number of methoxy groups -OCH3 is 1. The van der Waals surface area contributed by atoms with Crippen LogP contribution in [-0.2, 0) is 14.3 Å². The van der Waals surface area contributed by atoms with Crippen molar-refractivity contribution in [2.45, 2.75) is 13.0 Å². The molecule has 1 aliphatic rings. The Morgan fingerprint density at radius 3 is 2.60 bits per heavy atom. The van der Waals surface area contributed by atoms with Crippen molar-refractivity contribution in [3.05, 3.63) is 71.2 Å². The van der Waals surface area contributed by atoms with Crippen LogP contribution in [0.1, 0.15) is 23.0 Å². The topological polar surface area (TPSA) is 104 Å². The number of amides is 1. The van der Waals surface area contributed by atoms with Gasteiger partial charge in [0.25, 0.3) is 11.7 Å². The Morgan fingerprint density at radius 1 is 1.17 bits per heavy atom. The molecule has 154 valence electrons. The van der Waals surface area contributed by atoms with Gasteiger partial charge in [-0.25, -0.2) is 4.98 Å². The van der Waals surface area contributed by atoms with Crippen molar-refractivity contribution in [2.24, 2.45) is 0 Å². The Kier molecular flexibility index (Phi) is 5.01. The van der Waals surface area contributed by atoms with E-state index in [0.29, 0.717) is 22.6 Å². The number of likely N-dealkylation sites (tertiary alicyclic amines) is 1. The summed E-state index contributed by atoms with van der Waals surface area (Å²) >= 11 is 0. The lowest BCUT2D eigenvalue weighted by Crippen LogP contribution is -2.32. The van der Waals surface area contributed by atoms with Gasteiger partial charge in [0.15, 0.2) is 5.76 Å². The second kappa shape index (κ2) is 7.64. The second-order valence-corrected chi connectivity index (χ2v) is 7.05. The summed E-state index contributed by atoms with van der Waals surface area (Å²) in [4.78, 5) is 31.6. The number of aromatic hydroxyl groups is 1. The molecule has 3 aromatic rings. The van der Waals surface area contributed by atoms with Crippen LogP contribution in [0.15, 0.2) is 54.2 Å². The fourth-order valence-corrected chi connectivity index (χ4v) is 3.83. The highest BCUT2D eigenvalue weighted by Gasteiger charge is 2.46. The fourth-order valence-electron chi connectivity index (χ4n) is 3.83. The number of aromatic nitrogens is 2. The summed E-state index contributed by atoms with van der Waals surface area (Å²) in [6.45, 7) is 2.14. The van der Waals surface area contributed by atoms with E-state index < -0.39 is 17.7 Å². The number of aryl methyl sites for hydroxylation is 1. The largest absolute Gasteiger partial charge is 0.508 e. The predicted molar refractivity (Wildman–Crippen MR) is 109 cm³/mol. The van der Waals surface area contributed by atoms with Crippen molar-refractivity contribution >= 4 is 23.1 Å². The third kappa shape index (κ3) is 3.11. The van der Waals surface area contributed by atoms with E-state index in [1.807, 2.05) is 6.07 Å². The zero-order chi connectivity index (χ0) is 21.4. The van der Waals surface area contributed by atoms with Crippen LogP contribution in [0.4, 0.5) is 0 Å². The molecule has 0 spiro atoms. The summed E-state index contributed by atoms with van der Waals surface area (Å²) < 4.78 is 6.78. The number of carbonyl (C=O) groups excluding carboxylic acids is 2. The molecule has 1 aromatic carbocycles. The SMILES string of the molecule is COCCN1C(=O)C(=O)/C(=C(/O)c2c(C)nc3ccccn23)C1c1ccc(O)cc1. The van der Waals surface area contributed by atoms with Gasteiger partial charge >= 0.3 is 0 Å². The van der Waals surface area contributed by atoms with E-state index >= 15 is 0 Å². The van der Waals surface area contributed by atoms with Gasteiger partial charge in [0.05, 0.1) is 23.9 Å². The maximum Gasteiger partial charge on any atom is 0.295 e. The van der Waals surface area contributed by atoms with Gasteiger partial charge in [-0.05, 0) is 36.8 Å². The lowest BCUT2D eigenvalue weighted by molar-refractivity contribution is -0.140. The molecule has 0 saturated carbocycles. The van der Waals surface area contributed by atoms with Crippen LogP contribution in [0.25, 0.3) is 11.4 Å². The third-order valence-electron chi connectivity index (χ3n) is 5.21. The molecule has 30 heavy (non-hydrogen) atoms. The van der Waals surface area contributed by atoms with Crippen LogP contribution < -0.4 is 0 Å². The first kappa shape index (κ1) is 19.7. The summed E-state index contributed by atoms with van der Waals surface area (Å²) in [5.74, 6) is -1.71. The minimum Gasteiger partial charge on any atom is -0.508 e. The van der Waals surface area contributed by atoms with Gasteiger partial charge in [-0.1, -0.05) is 18.2 Å². The predicted octanol–water partition coefficient (Wildman–Crippen LogP) is 2.42. The van der Waals surface area contributed by atoms with Gasteiger partial charge in [-0.2, -0.15) is 0 Å². The number of nitrogens with zero attached hydrogens (tertiary/aromatic N) is 3. The lowest BCUT2D eigenvalue weighted by Gasteiger charge is -2.25. The fraction of sp³-hybridized carbons (Fsp3) is 0.227. The van der Waals surface area contributed by atoms with Gasteiger partial charge in [-0.15, -0.1) is 0 Å². The number of benzene rings is 1. The molecule has 8 heteroatoms. The lowest BCUT2D eigenvalue weighted by atomic mass is 9.96. The second-order valence-electron chi connectivity index (χ2n) is 7.05. The van der Waals surface area contributed by atoms with Crippen molar-refractivity contribution in [3.8, 4) is 5.75 Å². The highest BCUT2D eigenvalue weighted by atomic mass is 16.5. The Balaban J connectivity index is 1.94. The summed E-state index contributed by atoms with van der Waals surface area (Å²) in [5.41, 5.74) is 2.09. The molecule has 2 N–H and O–H groups in total.